The number of ether oxygens (including phenoxy) is 3. The fourth-order valence-electron chi connectivity index (χ4n) is 2.71. The molecule has 0 bridgehead atoms. The SMILES string of the molecule is CCc1ccc(C(=O)O[C@@H](COc2ccc(OC)cc2)Cn2ccnc2)cc1. The van der Waals surface area contributed by atoms with Crippen LogP contribution in [-0.4, -0.2) is 35.3 Å². The maximum atomic E-state index is 12.6. The topological polar surface area (TPSA) is 62.6 Å². The number of aromatic nitrogens is 2. The van der Waals surface area contributed by atoms with E-state index in [1.165, 1.54) is 5.56 Å². The Morgan fingerprint density at radius 3 is 2.39 bits per heavy atom. The molecule has 0 saturated carbocycles. The molecule has 0 aliphatic rings. The largest absolute Gasteiger partial charge is 0.497 e. The Morgan fingerprint density at radius 1 is 1.07 bits per heavy atom. The quantitative estimate of drug-likeness (QED) is 0.529. The van der Waals surface area contributed by atoms with Crippen molar-refractivity contribution in [3.05, 3.63) is 78.4 Å². The molecule has 0 spiro atoms. The van der Waals surface area contributed by atoms with E-state index in [1.54, 1.807) is 31.8 Å². The normalized spacial score (nSPS) is 11.6. The Labute approximate surface area is 164 Å². The number of methoxy groups -OCH3 is 1. The van der Waals surface area contributed by atoms with Gasteiger partial charge in [-0.15, -0.1) is 0 Å². The summed E-state index contributed by atoms with van der Waals surface area (Å²) in [6.45, 7) is 2.75. The van der Waals surface area contributed by atoms with Crippen molar-refractivity contribution in [2.45, 2.75) is 26.0 Å². The van der Waals surface area contributed by atoms with Crippen molar-refractivity contribution in [3.63, 3.8) is 0 Å². The number of aryl methyl sites for hydroxylation is 1. The summed E-state index contributed by atoms with van der Waals surface area (Å²) < 4.78 is 18.5. The molecule has 28 heavy (non-hydrogen) atoms. The highest BCUT2D eigenvalue weighted by atomic mass is 16.6. The van der Waals surface area contributed by atoms with Crippen molar-refractivity contribution >= 4 is 5.97 Å². The number of benzene rings is 2. The lowest BCUT2D eigenvalue weighted by Crippen LogP contribution is -2.29. The van der Waals surface area contributed by atoms with Crippen molar-refractivity contribution < 1.29 is 19.0 Å². The highest BCUT2D eigenvalue weighted by Gasteiger charge is 2.18. The van der Waals surface area contributed by atoms with Crippen LogP contribution >= 0.6 is 0 Å². The van der Waals surface area contributed by atoms with Crippen LogP contribution in [-0.2, 0) is 17.7 Å². The van der Waals surface area contributed by atoms with Crippen LogP contribution in [0.25, 0.3) is 0 Å². The van der Waals surface area contributed by atoms with Crippen LogP contribution in [0.1, 0.15) is 22.8 Å². The summed E-state index contributed by atoms with van der Waals surface area (Å²) in [6, 6.07) is 14.7. The van der Waals surface area contributed by atoms with Gasteiger partial charge in [0.05, 0.1) is 25.5 Å². The monoisotopic (exact) mass is 380 g/mol. The average molecular weight is 380 g/mol. The Bertz CT molecular complexity index is 859. The van der Waals surface area contributed by atoms with Gasteiger partial charge in [-0.3, -0.25) is 0 Å². The molecule has 0 saturated heterocycles. The molecular formula is C22H24N2O4. The van der Waals surface area contributed by atoms with Gasteiger partial charge in [-0.05, 0) is 48.4 Å². The van der Waals surface area contributed by atoms with Crippen LogP contribution in [0.2, 0.25) is 0 Å². The Balaban J connectivity index is 1.65. The molecule has 3 rings (SSSR count). The average Bonchev–Trinajstić information content (AvgIpc) is 3.25. The van der Waals surface area contributed by atoms with E-state index < -0.39 is 6.10 Å². The second kappa shape index (κ2) is 9.60. The van der Waals surface area contributed by atoms with Crippen LogP contribution < -0.4 is 9.47 Å². The molecule has 146 valence electrons. The maximum absolute atomic E-state index is 12.6. The summed E-state index contributed by atoms with van der Waals surface area (Å²) in [4.78, 5) is 16.6. The van der Waals surface area contributed by atoms with Gasteiger partial charge in [-0.25, -0.2) is 9.78 Å². The highest BCUT2D eigenvalue weighted by molar-refractivity contribution is 5.89. The Hall–Kier alpha value is -3.28. The predicted octanol–water partition coefficient (Wildman–Crippen LogP) is 3.76. The van der Waals surface area contributed by atoms with Crippen molar-refractivity contribution in [2.24, 2.45) is 0 Å². The van der Waals surface area contributed by atoms with Gasteiger partial charge in [0.25, 0.3) is 0 Å². The second-order valence-electron chi connectivity index (χ2n) is 6.32. The fraction of sp³-hybridized carbons (Fsp3) is 0.273. The molecule has 1 heterocycles. The summed E-state index contributed by atoms with van der Waals surface area (Å²) in [6.07, 6.45) is 5.66. The third-order valence-electron chi connectivity index (χ3n) is 4.34. The van der Waals surface area contributed by atoms with Crippen molar-refractivity contribution in [3.8, 4) is 11.5 Å². The second-order valence-corrected chi connectivity index (χ2v) is 6.32. The number of nitrogens with zero attached hydrogens (tertiary/aromatic N) is 2. The molecule has 1 atom stereocenters. The molecule has 0 aliphatic carbocycles. The van der Waals surface area contributed by atoms with E-state index in [-0.39, 0.29) is 12.6 Å². The van der Waals surface area contributed by atoms with E-state index in [2.05, 4.69) is 11.9 Å². The first-order valence-corrected chi connectivity index (χ1v) is 9.20. The first-order valence-electron chi connectivity index (χ1n) is 9.20. The van der Waals surface area contributed by atoms with Gasteiger partial charge in [0.1, 0.15) is 18.1 Å². The third-order valence-corrected chi connectivity index (χ3v) is 4.34. The standard InChI is InChI=1S/C22H24N2O4/c1-3-17-4-6-18(7-5-17)22(25)28-21(14-24-13-12-23-16-24)15-27-20-10-8-19(26-2)9-11-20/h4-13,16,21H,3,14-15H2,1-2H3/t21-/m1/s1. The van der Waals surface area contributed by atoms with Gasteiger partial charge >= 0.3 is 5.97 Å². The number of hydrogen-bond acceptors (Lipinski definition) is 5. The smallest absolute Gasteiger partial charge is 0.338 e. The van der Waals surface area contributed by atoms with E-state index in [0.717, 1.165) is 12.2 Å². The van der Waals surface area contributed by atoms with Crippen LogP contribution in [0.15, 0.2) is 67.3 Å². The maximum Gasteiger partial charge on any atom is 0.338 e. The predicted molar refractivity (Wildman–Crippen MR) is 106 cm³/mol. The Kier molecular flexibility index (Phi) is 6.68. The molecule has 0 aliphatic heterocycles. The van der Waals surface area contributed by atoms with Gasteiger partial charge in [0, 0.05) is 12.4 Å². The lowest BCUT2D eigenvalue weighted by Gasteiger charge is -2.19. The molecule has 0 fully saturated rings. The third kappa shape index (κ3) is 5.36. The minimum atomic E-state index is -0.463. The van der Waals surface area contributed by atoms with Crippen LogP contribution in [0.5, 0.6) is 11.5 Å². The van der Waals surface area contributed by atoms with Crippen LogP contribution in [0.4, 0.5) is 0 Å². The summed E-state index contributed by atoms with van der Waals surface area (Å²) in [5.41, 5.74) is 1.70. The van der Waals surface area contributed by atoms with Crippen molar-refractivity contribution in [2.75, 3.05) is 13.7 Å². The first-order chi connectivity index (χ1) is 13.7. The number of hydrogen-bond donors (Lipinski definition) is 0. The van der Waals surface area contributed by atoms with E-state index in [0.29, 0.717) is 17.9 Å². The molecule has 0 radical (unpaired) electrons. The number of carbonyl (C=O) groups excluding carboxylic acids is 1. The van der Waals surface area contributed by atoms with Gasteiger partial charge in [-0.1, -0.05) is 19.1 Å². The minimum absolute atomic E-state index is 0.225. The van der Waals surface area contributed by atoms with Gasteiger partial charge in [0.2, 0.25) is 0 Å². The fourth-order valence-corrected chi connectivity index (χ4v) is 2.71. The molecule has 2 aromatic carbocycles. The van der Waals surface area contributed by atoms with Gasteiger partial charge in [0.15, 0.2) is 6.10 Å². The van der Waals surface area contributed by atoms with Crippen molar-refractivity contribution in [1.82, 2.24) is 9.55 Å². The van der Waals surface area contributed by atoms with Gasteiger partial charge < -0.3 is 18.8 Å². The van der Waals surface area contributed by atoms with E-state index in [9.17, 15) is 4.79 Å². The molecule has 1 aromatic heterocycles. The first kappa shape index (κ1) is 19.5. The summed E-state index contributed by atoms with van der Waals surface area (Å²) in [5.74, 6) is 1.06. The zero-order valence-electron chi connectivity index (χ0n) is 16.1. The summed E-state index contributed by atoms with van der Waals surface area (Å²) in [5, 5.41) is 0. The lowest BCUT2D eigenvalue weighted by molar-refractivity contribution is 0.0125. The van der Waals surface area contributed by atoms with E-state index >= 15 is 0 Å². The zero-order chi connectivity index (χ0) is 19.8. The number of imidazole rings is 1. The highest BCUT2D eigenvalue weighted by Crippen LogP contribution is 2.18. The molecule has 0 amide bonds. The number of esters is 1. The zero-order valence-corrected chi connectivity index (χ0v) is 16.1. The lowest BCUT2D eigenvalue weighted by atomic mass is 10.1. The summed E-state index contributed by atoms with van der Waals surface area (Å²) >= 11 is 0. The van der Waals surface area contributed by atoms with E-state index in [4.69, 9.17) is 14.2 Å². The molecule has 0 unspecified atom stereocenters. The molecule has 3 aromatic rings. The summed E-state index contributed by atoms with van der Waals surface area (Å²) in [7, 11) is 1.61. The molecular weight excluding hydrogens is 356 g/mol. The molecule has 6 nitrogen and oxygen atoms in total. The van der Waals surface area contributed by atoms with E-state index in [1.807, 2.05) is 47.2 Å². The molecule has 6 heteroatoms. The minimum Gasteiger partial charge on any atom is -0.497 e. The Morgan fingerprint density at radius 2 is 1.79 bits per heavy atom. The van der Waals surface area contributed by atoms with Crippen molar-refractivity contribution in [1.29, 1.82) is 0 Å². The van der Waals surface area contributed by atoms with Crippen LogP contribution in [0, 0.1) is 0 Å². The van der Waals surface area contributed by atoms with Gasteiger partial charge in [-0.2, -0.15) is 0 Å². The molecule has 0 N–H and O–H groups in total. The number of carbonyl (C=O) groups is 1. The van der Waals surface area contributed by atoms with Crippen LogP contribution in [0.3, 0.4) is 0 Å². The number of rotatable bonds is 9.